The number of aromatic nitrogens is 2. The van der Waals surface area contributed by atoms with Gasteiger partial charge in [0, 0.05) is 62.3 Å². The average molecular weight is 389 g/mol. The largest absolute Gasteiger partial charge is 0.481 e. The van der Waals surface area contributed by atoms with Gasteiger partial charge in [-0.25, -0.2) is 4.98 Å². The molecule has 0 fully saturated rings. The molecule has 29 heavy (non-hydrogen) atoms. The van der Waals surface area contributed by atoms with Crippen molar-refractivity contribution in [3.05, 3.63) is 59.9 Å². The van der Waals surface area contributed by atoms with E-state index < -0.39 is 0 Å². The molecule has 0 saturated carbocycles. The zero-order chi connectivity index (χ0) is 20.1. The Hall–Kier alpha value is -2.79. The van der Waals surface area contributed by atoms with Gasteiger partial charge in [0.15, 0.2) is 0 Å². The van der Waals surface area contributed by atoms with Crippen LogP contribution in [0.4, 0.5) is 5.69 Å². The molecule has 5 heteroatoms. The number of anilines is 1. The number of benzene rings is 1. The molecule has 2 atom stereocenters. The minimum Gasteiger partial charge on any atom is -0.481 e. The molecular weight excluding hydrogens is 360 g/mol. The zero-order valence-corrected chi connectivity index (χ0v) is 17.6. The Labute approximate surface area is 172 Å². The van der Waals surface area contributed by atoms with Crippen molar-refractivity contribution in [1.82, 2.24) is 14.5 Å². The number of hydrogen-bond acceptors (Lipinski definition) is 4. The first-order valence-electron chi connectivity index (χ1n) is 10.3. The monoisotopic (exact) mass is 388 g/mol. The topological polar surface area (TPSA) is 33.5 Å². The predicted octanol–water partition coefficient (Wildman–Crippen LogP) is 3.59. The highest BCUT2D eigenvalue weighted by molar-refractivity contribution is 5.98. The number of rotatable bonds is 4. The Kier molecular flexibility index (Phi) is 4.36. The molecule has 5 nitrogen and oxygen atoms in total. The summed E-state index contributed by atoms with van der Waals surface area (Å²) in [4.78, 5) is 9.18. The Morgan fingerprint density at radius 1 is 1.21 bits per heavy atom. The highest BCUT2D eigenvalue weighted by Gasteiger charge is 2.34. The second-order valence-electron chi connectivity index (χ2n) is 8.45. The van der Waals surface area contributed by atoms with Gasteiger partial charge in [-0.3, -0.25) is 4.90 Å². The molecule has 3 heterocycles. The zero-order valence-electron chi connectivity index (χ0n) is 17.6. The van der Waals surface area contributed by atoms with Gasteiger partial charge in [-0.1, -0.05) is 18.2 Å². The molecule has 0 bridgehead atoms. The predicted molar refractivity (Wildman–Crippen MR) is 119 cm³/mol. The van der Waals surface area contributed by atoms with Crippen LogP contribution in [0, 0.1) is 5.92 Å². The quantitative estimate of drug-likeness (QED) is 0.684. The first-order valence-corrected chi connectivity index (χ1v) is 10.3. The number of hydrogen-bond donors (Lipinski definition) is 0. The van der Waals surface area contributed by atoms with Gasteiger partial charge in [-0.15, -0.1) is 0 Å². The van der Waals surface area contributed by atoms with Gasteiger partial charge in [0.05, 0.1) is 19.0 Å². The van der Waals surface area contributed by atoms with Crippen LogP contribution in [0.5, 0.6) is 5.88 Å². The summed E-state index contributed by atoms with van der Waals surface area (Å²) in [7, 11) is 8.22. The molecule has 0 spiro atoms. The van der Waals surface area contributed by atoms with Crippen LogP contribution in [0.1, 0.15) is 11.1 Å². The maximum Gasteiger partial charge on any atom is 0.213 e. The first-order chi connectivity index (χ1) is 14.0. The van der Waals surface area contributed by atoms with Gasteiger partial charge in [0.1, 0.15) is 0 Å². The molecule has 150 valence electrons. The molecule has 0 amide bonds. The summed E-state index contributed by atoms with van der Waals surface area (Å²) in [5.74, 6) is 1.12. The summed E-state index contributed by atoms with van der Waals surface area (Å²) in [5, 5.41) is 1.44. The van der Waals surface area contributed by atoms with Crippen LogP contribution in [-0.4, -0.2) is 54.8 Å². The molecule has 5 rings (SSSR count). The maximum atomic E-state index is 5.18. The molecule has 2 aromatic heterocycles. The molecule has 0 radical (unpaired) electrons. The normalized spacial score (nSPS) is 21.0. The van der Waals surface area contributed by atoms with Gasteiger partial charge in [-0.2, -0.15) is 0 Å². The smallest absolute Gasteiger partial charge is 0.213 e. The minimum atomic E-state index is 0.471. The number of methoxy groups -OCH3 is 1. The van der Waals surface area contributed by atoms with Gasteiger partial charge in [-0.05, 0) is 42.3 Å². The number of fused-ring (bicyclic) bond motifs is 2. The molecule has 0 saturated heterocycles. The van der Waals surface area contributed by atoms with Crippen molar-refractivity contribution in [2.24, 2.45) is 13.0 Å². The van der Waals surface area contributed by atoms with Crippen LogP contribution in [0.25, 0.3) is 16.5 Å². The van der Waals surface area contributed by atoms with Crippen molar-refractivity contribution in [3.8, 4) is 5.88 Å². The molecule has 0 N–H and O–H groups in total. The molecule has 1 aliphatic carbocycles. The standard InChI is InChI=1S/C24H28N4O/c1-26(18-8-9-23(29-4)25-12-18)13-16-10-20-19-6-5-7-21-24(19)17(15-28(21)3)11-22(20)27(2)14-16/h5-10,12,15-16,22H,11,13-14H2,1-4H3/t16-,22+/m0/s1. The lowest BCUT2D eigenvalue weighted by Crippen LogP contribution is -2.44. The van der Waals surface area contributed by atoms with Crippen molar-refractivity contribution in [2.75, 3.05) is 39.2 Å². The van der Waals surface area contributed by atoms with E-state index in [0.29, 0.717) is 17.8 Å². The lowest BCUT2D eigenvalue weighted by Gasteiger charge is -2.41. The Morgan fingerprint density at radius 2 is 2.07 bits per heavy atom. The number of aryl methyl sites for hydroxylation is 1. The molecule has 3 aromatic rings. The van der Waals surface area contributed by atoms with Crippen LogP contribution in [-0.2, 0) is 13.5 Å². The molecular formula is C24H28N4O. The van der Waals surface area contributed by atoms with Crippen molar-refractivity contribution in [1.29, 1.82) is 0 Å². The third kappa shape index (κ3) is 3.01. The highest BCUT2D eigenvalue weighted by Crippen LogP contribution is 2.41. The van der Waals surface area contributed by atoms with E-state index in [9.17, 15) is 0 Å². The fourth-order valence-electron chi connectivity index (χ4n) is 5.12. The lowest BCUT2D eigenvalue weighted by molar-refractivity contribution is 0.246. The van der Waals surface area contributed by atoms with Crippen molar-refractivity contribution in [2.45, 2.75) is 12.5 Å². The van der Waals surface area contributed by atoms with E-state index in [0.717, 1.165) is 25.2 Å². The van der Waals surface area contributed by atoms with Crippen LogP contribution >= 0.6 is 0 Å². The second kappa shape index (κ2) is 6.92. The summed E-state index contributed by atoms with van der Waals surface area (Å²) in [6.07, 6.45) is 7.83. The van der Waals surface area contributed by atoms with E-state index >= 15 is 0 Å². The van der Waals surface area contributed by atoms with Gasteiger partial charge >= 0.3 is 0 Å². The Morgan fingerprint density at radius 3 is 2.83 bits per heavy atom. The van der Waals surface area contributed by atoms with Crippen LogP contribution < -0.4 is 9.64 Å². The summed E-state index contributed by atoms with van der Waals surface area (Å²) in [6, 6.07) is 11.2. The third-order valence-electron chi connectivity index (χ3n) is 6.53. The Balaban J connectivity index is 1.47. The number of likely N-dealkylation sites (N-methyl/N-ethyl adjacent to an activating group) is 1. The fourth-order valence-corrected chi connectivity index (χ4v) is 5.12. The third-order valence-corrected chi connectivity index (χ3v) is 6.53. The van der Waals surface area contributed by atoms with E-state index in [2.05, 4.69) is 77.0 Å². The minimum absolute atomic E-state index is 0.471. The highest BCUT2D eigenvalue weighted by atomic mass is 16.5. The second-order valence-corrected chi connectivity index (χ2v) is 8.45. The van der Waals surface area contributed by atoms with Crippen LogP contribution in [0.2, 0.25) is 0 Å². The first kappa shape index (κ1) is 18.3. The summed E-state index contributed by atoms with van der Waals surface area (Å²) in [5.41, 5.74) is 6.84. The summed E-state index contributed by atoms with van der Waals surface area (Å²) in [6.45, 7) is 2.03. The Bertz CT molecular complexity index is 1080. The van der Waals surface area contributed by atoms with E-state index in [1.807, 2.05) is 12.3 Å². The molecule has 0 unspecified atom stereocenters. The molecule has 2 aliphatic rings. The van der Waals surface area contributed by atoms with Crippen molar-refractivity contribution >= 4 is 22.2 Å². The van der Waals surface area contributed by atoms with E-state index in [-0.39, 0.29) is 0 Å². The number of nitrogens with zero attached hydrogens (tertiary/aromatic N) is 4. The number of ether oxygens (including phenoxy) is 1. The van der Waals surface area contributed by atoms with E-state index in [4.69, 9.17) is 4.74 Å². The van der Waals surface area contributed by atoms with Crippen molar-refractivity contribution in [3.63, 3.8) is 0 Å². The average Bonchev–Trinajstić information content (AvgIpc) is 3.06. The molecule has 1 aliphatic heterocycles. The fraction of sp³-hybridized carbons (Fsp3) is 0.375. The molecule has 1 aromatic carbocycles. The lowest BCUT2D eigenvalue weighted by atomic mass is 9.80. The van der Waals surface area contributed by atoms with E-state index in [1.54, 1.807) is 7.11 Å². The van der Waals surface area contributed by atoms with Gasteiger partial charge < -0.3 is 14.2 Å². The van der Waals surface area contributed by atoms with Crippen molar-refractivity contribution < 1.29 is 4.74 Å². The summed E-state index contributed by atoms with van der Waals surface area (Å²) >= 11 is 0. The van der Waals surface area contributed by atoms with E-state index in [1.165, 1.54) is 27.6 Å². The van der Waals surface area contributed by atoms with Gasteiger partial charge in [0.2, 0.25) is 5.88 Å². The SMILES string of the molecule is COc1ccc(N(C)C[C@@H]2C=C3c4cccc5c4c(cn5C)C[C@H]3N(C)C2)cn1. The van der Waals surface area contributed by atoms with Crippen LogP contribution in [0.3, 0.4) is 0 Å². The van der Waals surface area contributed by atoms with Gasteiger partial charge in [0.25, 0.3) is 0 Å². The van der Waals surface area contributed by atoms with Crippen LogP contribution in [0.15, 0.2) is 48.8 Å². The number of pyridine rings is 1. The summed E-state index contributed by atoms with van der Waals surface area (Å²) < 4.78 is 7.45. The maximum absolute atomic E-state index is 5.18.